The lowest BCUT2D eigenvalue weighted by atomic mass is 10.1. The van der Waals surface area contributed by atoms with Gasteiger partial charge in [-0.2, -0.15) is 13.2 Å². The minimum atomic E-state index is -4.52. The van der Waals surface area contributed by atoms with Crippen LogP contribution in [0.25, 0.3) is 0 Å². The Morgan fingerprint density at radius 2 is 1.60 bits per heavy atom. The Labute approximate surface area is 170 Å². The molecule has 4 nitrogen and oxygen atoms in total. The highest BCUT2D eigenvalue weighted by atomic mass is 19.4. The smallest absolute Gasteiger partial charge is 0.322 e. The molecule has 4 rings (SSSR count). The zero-order valence-electron chi connectivity index (χ0n) is 15.7. The maximum Gasteiger partial charge on any atom is 0.416 e. The molecule has 1 aliphatic heterocycles. The molecule has 0 bridgehead atoms. The van der Waals surface area contributed by atoms with Crippen LogP contribution in [0.1, 0.15) is 31.8 Å². The quantitative estimate of drug-likeness (QED) is 0.648. The first-order valence-electron chi connectivity index (χ1n) is 9.31. The van der Waals surface area contributed by atoms with Crippen LogP contribution in [0.3, 0.4) is 0 Å². The maximum absolute atomic E-state index is 12.8. The molecule has 0 spiro atoms. The molecule has 2 amide bonds. The molecule has 0 fully saturated rings. The molecule has 3 aromatic carbocycles. The molecule has 0 radical (unpaired) electrons. The van der Waals surface area contributed by atoms with Crippen LogP contribution < -0.4 is 10.2 Å². The van der Waals surface area contributed by atoms with Crippen molar-refractivity contribution in [2.45, 2.75) is 12.6 Å². The number of amides is 2. The highest BCUT2D eigenvalue weighted by Crippen LogP contribution is 2.30. The Balaban J connectivity index is 1.47. The van der Waals surface area contributed by atoms with Crippen molar-refractivity contribution in [2.24, 2.45) is 0 Å². The van der Waals surface area contributed by atoms with E-state index in [1.807, 2.05) is 24.3 Å². The number of alkyl halides is 3. The summed E-state index contributed by atoms with van der Waals surface area (Å²) in [5.41, 5.74) is 1.88. The average molecular weight is 410 g/mol. The van der Waals surface area contributed by atoms with Gasteiger partial charge in [0.2, 0.25) is 0 Å². The highest BCUT2D eigenvalue weighted by molar-refractivity contribution is 6.08. The molecular weight excluding hydrogens is 393 g/mol. The Morgan fingerprint density at radius 3 is 2.33 bits per heavy atom. The summed E-state index contributed by atoms with van der Waals surface area (Å²) >= 11 is 0. The first-order valence-corrected chi connectivity index (χ1v) is 9.31. The molecular formula is C23H17F3N2O2. The number of benzene rings is 3. The van der Waals surface area contributed by atoms with Crippen molar-refractivity contribution >= 4 is 23.2 Å². The second-order valence-electron chi connectivity index (χ2n) is 6.95. The zero-order chi connectivity index (χ0) is 21.3. The van der Waals surface area contributed by atoms with E-state index in [9.17, 15) is 22.8 Å². The van der Waals surface area contributed by atoms with Gasteiger partial charge in [-0.15, -0.1) is 0 Å². The molecule has 0 atom stereocenters. The Hall–Kier alpha value is -3.61. The normalized spacial score (nSPS) is 13.1. The molecule has 0 aromatic heterocycles. The topological polar surface area (TPSA) is 49.4 Å². The summed E-state index contributed by atoms with van der Waals surface area (Å²) in [4.78, 5) is 26.8. The number of rotatable bonds is 3. The summed E-state index contributed by atoms with van der Waals surface area (Å²) in [6.07, 6.45) is -3.72. The van der Waals surface area contributed by atoms with Crippen molar-refractivity contribution in [1.29, 1.82) is 0 Å². The van der Waals surface area contributed by atoms with E-state index >= 15 is 0 Å². The molecule has 7 heteroatoms. The third-order valence-electron chi connectivity index (χ3n) is 4.97. The van der Waals surface area contributed by atoms with Gasteiger partial charge in [-0.25, -0.2) is 0 Å². The fraction of sp³-hybridized carbons (Fsp3) is 0.130. The van der Waals surface area contributed by atoms with Crippen LogP contribution in [-0.4, -0.2) is 18.4 Å². The van der Waals surface area contributed by atoms with E-state index in [2.05, 4.69) is 5.32 Å². The van der Waals surface area contributed by atoms with Crippen LogP contribution in [0.2, 0.25) is 0 Å². The fourth-order valence-corrected chi connectivity index (χ4v) is 3.44. The molecule has 0 saturated carbocycles. The van der Waals surface area contributed by atoms with Crippen molar-refractivity contribution in [3.63, 3.8) is 0 Å². The van der Waals surface area contributed by atoms with Crippen molar-refractivity contribution in [2.75, 3.05) is 16.8 Å². The first-order chi connectivity index (χ1) is 14.3. The summed E-state index contributed by atoms with van der Waals surface area (Å²) in [7, 11) is 0. The van der Waals surface area contributed by atoms with Gasteiger partial charge in [0.15, 0.2) is 0 Å². The van der Waals surface area contributed by atoms with Crippen molar-refractivity contribution in [3.05, 3.63) is 95.1 Å². The van der Waals surface area contributed by atoms with E-state index in [0.717, 1.165) is 29.8 Å². The van der Waals surface area contributed by atoms with Crippen LogP contribution in [-0.2, 0) is 12.6 Å². The van der Waals surface area contributed by atoms with E-state index in [1.54, 1.807) is 29.2 Å². The number of hydrogen-bond acceptors (Lipinski definition) is 2. The van der Waals surface area contributed by atoms with Crippen LogP contribution in [0.15, 0.2) is 72.8 Å². The Morgan fingerprint density at radius 1 is 0.867 bits per heavy atom. The average Bonchev–Trinajstić information content (AvgIpc) is 3.17. The van der Waals surface area contributed by atoms with E-state index in [0.29, 0.717) is 17.8 Å². The second-order valence-corrected chi connectivity index (χ2v) is 6.95. The van der Waals surface area contributed by atoms with E-state index in [4.69, 9.17) is 0 Å². The van der Waals surface area contributed by atoms with Gasteiger partial charge >= 0.3 is 6.18 Å². The maximum atomic E-state index is 12.8. The van der Waals surface area contributed by atoms with Gasteiger partial charge in [0.1, 0.15) is 0 Å². The van der Waals surface area contributed by atoms with Crippen LogP contribution in [0, 0.1) is 0 Å². The lowest BCUT2D eigenvalue weighted by Crippen LogP contribution is -2.28. The fourth-order valence-electron chi connectivity index (χ4n) is 3.44. The Bertz CT molecular complexity index is 1110. The van der Waals surface area contributed by atoms with Gasteiger partial charge in [0.05, 0.1) is 5.56 Å². The summed E-state index contributed by atoms with van der Waals surface area (Å²) in [5.74, 6) is -0.802. The number of para-hydroxylation sites is 1. The van der Waals surface area contributed by atoms with E-state index in [-0.39, 0.29) is 11.5 Å². The van der Waals surface area contributed by atoms with Gasteiger partial charge in [0, 0.05) is 29.0 Å². The lowest BCUT2D eigenvalue weighted by Gasteiger charge is -2.17. The number of hydrogen-bond donors (Lipinski definition) is 1. The second kappa shape index (κ2) is 7.67. The highest BCUT2D eigenvalue weighted by Gasteiger charge is 2.31. The van der Waals surface area contributed by atoms with Crippen LogP contribution in [0.4, 0.5) is 24.5 Å². The predicted octanol–water partition coefficient (Wildman–Crippen LogP) is 5.16. The summed E-state index contributed by atoms with van der Waals surface area (Å²) < 4.78 is 38.5. The third kappa shape index (κ3) is 3.91. The number of fused-ring (bicyclic) bond motifs is 1. The van der Waals surface area contributed by atoms with E-state index < -0.39 is 17.6 Å². The molecule has 1 aliphatic rings. The number of anilines is 2. The van der Waals surface area contributed by atoms with Crippen LogP contribution in [0.5, 0.6) is 0 Å². The monoisotopic (exact) mass is 410 g/mol. The predicted molar refractivity (Wildman–Crippen MR) is 108 cm³/mol. The van der Waals surface area contributed by atoms with Crippen LogP contribution >= 0.6 is 0 Å². The number of carbonyl (C=O) groups excluding carboxylic acids is 2. The summed E-state index contributed by atoms with van der Waals surface area (Å²) in [6, 6.07) is 18.2. The largest absolute Gasteiger partial charge is 0.416 e. The number of nitrogens with zero attached hydrogens (tertiary/aromatic N) is 1. The summed E-state index contributed by atoms with van der Waals surface area (Å²) in [6.45, 7) is 0.603. The molecule has 3 aromatic rings. The van der Waals surface area contributed by atoms with E-state index in [1.165, 1.54) is 12.1 Å². The number of carbonyl (C=O) groups is 2. The minimum Gasteiger partial charge on any atom is -0.322 e. The molecule has 0 saturated heterocycles. The van der Waals surface area contributed by atoms with Gasteiger partial charge < -0.3 is 10.2 Å². The molecule has 152 valence electrons. The Kier molecular flexibility index (Phi) is 5.03. The SMILES string of the molecule is O=C(Nc1ccc(C(=O)N2CCc3ccccc32)cc1)c1cccc(C(F)(F)F)c1. The lowest BCUT2D eigenvalue weighted by molar-refractivity contribution is -0.137. The third-order valence-corrected chi connectivity index (χ3v) is 4.97. The van der Waals surface area contributed by atoms with Crippen molar-refractivity contribution in [1.82, 2.24) is 0 Å². The molecule has 0 unspecified atom stereocenters. The molecule has 1 N–H and O–H groups in total. The standard InChI is InChI=1S/C23H17F3N2O2/c24-23(25,26)18-6-3-5-17(14-18)21(29)27-19-10-8-16(9-11-19)22(30)28-13-12-15-4-1-2-7-20(15)28/h1-11,14H,12-13H2,(H,27,29). The van der Waals surface area contributed by atoms with Gasteiger partial charge in [0.25, 0.3) is 11.8 Å². The first kappa shape index (κ1) is 19.7. The zero-order valence-corrected chi connectivity index (χ0v) is 15.7. The minimum absolute atomic E-state index is 0.0985. The molecule has 1 heterocycles. The van der Waals surface area contributed by atoms with Gasteiger partial charge in [-0.3, -0.25) is 9.59 Å². The molecule has 0 aliphatic carbocycles. The number of halogens is 3. The van der Waals surface area contributed by atoms with Gasteiger partial charge in [-0.1, -0.05) is 24.3 Å². The molecule has 30 heavy (non-hydrogen) atoms. The van der Waals surface area contributed by atoms with Crippen molar-refractivity contribution in [3.8, 4) is 0 Å². The van der Waals surface area contributed by atoms with Crippen molar-refractivity contribution < 1.29 is 22.8 Å². The van der Waals surface area contributed by atoms with Gasteiger partial charge in [-0.05, 0) is 60.5 Å². The summed E-state index contributed by atoms with van der Waals surface area (Å²) in [5, 5.41) is 2.56. The number of nitrogens with one attached hydrogen (secondary N) is 1.